The second-order valence-corrected chi connectivity index (χ2v) is 8.99. The molecule has 0 radical (unpaired) electrons. The number of nitrogens with one attached hydrogen (secondary N) is 1. The van der Waals surface area contributed by atoms with Crippen molar-refractivity contribution in [2.75, 3.05) is 26.4 Å². The van der Waals surface area contributed by atoms with Crippen LogP contribution in [0.5, 0.6) is 0 Å². The van der Waals surface area contributed by atoms with Gasteiger partial charge < -0.3 is 14.8 Å². The highest BCUT2D eigenvalue weighted by atomic mass is 19.4. The molecule has 2 aromatic rings. The molecule has 7 nitrogen and oxygen atoms in total. The summed E-state index contributed by atoms with van der Waals surface area (Å²) in [6.45, 7) is 4.27. The van der Waals surface area contributed by atoms with E-state index in [1.165, 1.54) is 0 Å². The van der Waals surface area contributed by atoms with Crippen LogP contribution in [0.25, 0.3) is 0 Å². The number of fused-ring (bicyclic) bond motifs is 1. The van der Waals surface area contributed by atoms with E-state index >= 15 is 0 Å². The maximum atomic E-state index is 13.7. The number of hydrogen-bond acceptors (Lipinski definition) is 5. The summed E-state index contributed by atoms with van der Waals surface area (Å²) in [5.41, 5.74) is 0.406. The van der Waals surface area contributed by atoms with Crippen LogP contribution in [0.15, 0.2) is 18.2 Å². The molecule has 1 aromatic carbocycles. The Kier molecular flexibility index (Phi) is 7.16. The number of hydrogen-bond donors (Lipinski definition) is 1. The second-order valence-electron chi connectivity index (χ2n) is 8.99. The number of amides is 1. The van der Waals surface area contributed by atoms with E-state index in [2.05, 4.69) is 10.4 Å². The summed E-state index contributed by atoms with van der Waals surface area (Å²) >= 11 is 0. The third kappa shape index (κ3) is 5.34. The normalized spacial score (nSPS) is 17.6. The SMILES string of the molecule is CCn1nc(CCCOC(=O)c2ccc(C(F)(F)F)c(F)c2)c2c1C(=O)NCC1(CCOCC1)C2. The molecule has 1 aromatic heterocycles. The molecule has 11 heteroatoms. The molecule has 1 amide bonds. The van der Waals surface area contributed by atoms with Gasteiger partial charge in [-0.05, 0) is 62.6 Å². The predicted molar refractivity (Wildman–Crippen MR) is 116 cm³/mol. The number of nitrogens with zero attached hydrogens (tertiary/aromatic N) is 2. The van der Waals surface area contributed by atoms with Gasteiger partial charge in [0.15, 0.2) is 0 Å². The summed E-state index contributed by atoms with van der Waals surface area (Å²) in [4.78, 5) is 25.0. The van der Waals surface area contributed by atoms with Crippen LogP contribution < -0.4 is 5.32 Å². The third-order valence-electron chi connectivity index (χ3n) is 6.68. The zero-order chi connectivity index (χ0) is 25.2. The predicted octanol–water partition coefficient (Wildman–Crippen LogP) is 3.93. The molecule has 190 valence electrons. The average molecular weight is 497 g/mol. The Hall–Kier alpha value is -2.95. The van der Waals surface area contributed by atoms with Gasteiger partial charge in [0.1, 0.15) is 11.5 Å². The fourth-order valence-electron chi connectivity index (χ4n) is 4.73. The zero-order valence-corrected chi connectivity index (χ0v) is 19.3. The van der Waals surface area contributed by atoms with Crippen molar-refractivity contribution >= 4 is 11.9 Å². The van der Waals surface area contributed by atoms with Gasteiger partial charge >= 0.3 is 12.1 Å². The van der Waals surface area contributed by atoms with Crippen LogP contribution in [0.4, 0.5) is 17.6 Å². The largest absolute Gasteiger partial charge is 0.462 e. The summed E-state index contributed by atoms with van der Waals surface area (Å²) < 4.78 is 64.2. The number of halogens is 4. The van der Waals surface area contributed by atoms with Gasteiger partial charge in [-0.1, -0.05) is 0 Å². The fraction of sp³-hybridized carbons (Fsp3) is 0.542. The fourth-order valence-corrected chi connectivity index (χ4v) is 4.73. The molecular formula is C24H27F4N3O4. The van der Waals surface area contributed by atoms with E-state index in [4.69, 9.17) is 9.47 Å². The number of aromatic nitrogens is 2. The highest BCUT2D eigenvalue weighted by molar-refractivity contribution is 5.94. The van der Waals surface area contributed by atoms with Crippen LogP contribution in [-0.4, -0.2) is 48.0 Å². The monoisotopic (exact) mass is 497 g/mol. The van der Waals surface area contributed by atoms with Crippen molar-refractivity contribution in [1.29, 1.82) is 0 Å². The number of aryl methyl sites for hydroxylation is 2. The van der Waals surface area contributed by atoms with Crippen molar-refractivity contribution in [3.63, 3.8) is 0 Å². The molecule has 1 N–H and O–H groups in total. The Morgan fingerprint density at radius 2 is 2.03 bits per heavy atom. The van der Waals surface area contributed by atoms with Crippen molar-refractivity contribution < 1.29 is 36.6 Å². The number of ether oxygens (including phenoxy) is 2. The molecule has 1 fully saturated rings. The van der Waals surface area contributed by atoms with E-state index < -0.39 is 23.5 Å². The zero-order valence-electron chi connectivity index (χ0n) is 19.3. The molecule has 1 saturated heterocycles. The van der Waals surface area contributed by atoms with Crippen LogP contribution in [0, 0.1) is 11.2 Å². The Balaban J connectivity index is 1.42. The molecule has 0 unspecified atom stereocenters. The maximum absolute atomic E-state index is 13.7. The van der Waals surface area contributed by atoms with Gasteiger partial charge in [0.05, 0.1) is 23.4 Å². The lowest BCUT2D eigenvalue weighted by Gasteiger charge is -2.36. The van der Waals surface area contributed by atoms with Gasteiger partial charge in [-0.3, -0.25) is 9.48 Å². The van der Waals surface area contributed by atoms with Gasteiger partial charge in [0.2, 0.25) is 0 Å². The molecule has 2 aliphatic rings. The van der Waals surface area contributed by atoms with Gasteiger partial charge in [-0.25, -0.2) is 9.18 Å². The summed E-state index contributed by atoms with van der Waals surface area (Å²) in [5, 5.41) is 7.67. The number of benzene rings is 1. The maximum Gasteiger partial charge on any atom is 0.419 e. The molecule has 4 rings (SSSR count). The minimum Gasteiger partial charge on any atom is -0.462 e. The third-order valence-corrected chi connectivity index (χ3v) is 6.68. The lowest BCUT2D eigenvalue weighted by molar-refractivity contribution is -0.140. The lowest BCUT2D eigenvalue weighted by atomic mass is 9.75. The average Bonchev–Trinajstić information content (AvgIpc) is 3.09. The quantitative estimate of drug-likeness (QED) is 0.372. The standard InChI is InChI=1S/C24H27F4N3O4/c1-2-31-20-16(13-23(14-29-21(20)32)7-10-34-11-8-23)19(30-31)4-3-9-35-22(33)15-5-6-17(18(25)12-15)24(26,27)28/h5-6,12H,2-4,7-11,13-14H2,1H3,(H,29,32). The van der Waals surface area contributed by atoms with E-state index in [-0.39, 0.29) is 23.5 Å². The van der Waals surface area contributed by atoms with Gasteiger partial charge in [0, 0.05) is 31.9 Å². The van der Waals surface area contributed by atoms with E-state index in [9.17, 15) is 27.2 Å². The van der Waals surface area contributed by atoms with E-state index in [0.29, 0.717) is 63.4 Å². The van der Waals surface area contributed by atoms with Crippen LogP contribution in [0.1, 0.15) is 63.9 Å². The molecule has 3 heterocycles. The van der Waals surface area contributed by atoms with E-state index in [0.717, 1.165) is 30.2 Å². The molecule has 2 aliphatic heterocycles. The first-order chi connectivity index (χ1) is 16.6. The Morgan fingerprint density at radius 1 is 1.29 bits per heavy atom. The minimum absolute atomic E-state index is 0.0274. The van der Waals surface area contributed by atoms with Crippen LogP contribution >= 0.6 is 0 Å². The van der Waals surface area contributed by atoms with Gasteiger partial charge in [-0.2, -0.15) is 18.3 Å². The van der Waals surface area contributed by atoms with Crippen molar-refractivity contribution in [1.82, 2.24) is 15.1 Å². The Bertz CT molecular complexity index is 1110. The first-order valence-corrected chi connectivity index (χ1v) is 11.6. The topological polar surface area (TPSA) is 82.5 Å². The number of alkyl halides is 3. The Labute approximate surface area is 199 Å². The molecule has 0 aliphatic carbocycles. The molecule has 35 heavy (non-hydrogen) atoms. The molecular weight excluding hydrogens is 470 g/mol. The summed E-state index contributed by atoms with van der Waals surface area (Å²) in [7, 11) is 0. The number of esters is 1. The molecule has 1 spiro atoms. The minimum atomic E-state index is -4.84. The Morgan fingerprint density at radius 3 is 2.69 bits per heavy atom. The van der Waals surface area contributed by atoms with Crippen molar-refractivity contribution in [2.24, 2.45) is 5.41 Å². The van der Waals surface area contributed by atoms with Crippen molar-refractivity contribution in [2.45, 2.75) is 51.7 Å². The smallest absolute Gasteiger partial charge is 0.419 e. The lowest BCUT2D eigenvalue weighted by Crippen LogP contribution is -2.40. The molecule has 0 saturated carbocycles. The van der Waals surface area contributed by atoms with Crippen molar-refractivity contribution in [3.05, 3.63) is 52.1 Å². The highest BCUT2D eigenvalue weighted by Crippen LogP contribution is 2.38. The first kappa shape index (κ1) is 25.2. The number of carbonyl (C=O) groups is 2. The second kappa shape index (κ2) is 9.96. The number of carbonyl (C=O) groups excluding carboxylic acids is 2. The van der Waals surface area contributed by atoms with E-state index in [1.807, 2.05) is 6.92 Å². The van der Waals surface area contributed by atoms with Crippen LogP contribution in [0.2, 0.25) is 0 Å². The first-order valence-electron chi connectivity index (χ1n) is 11.6. The van der Waals surface area contributed by atoms with Crippen molar-refractivity contribution in [3.8, 4) is 0 Å². The van der Waals surface area contributed by atoms with E-state index in [1.54, 1.807) is 4.68 Å². The van der Waals surface area contributed by atoms with Crippen LogP contribution in [-0.2, 0) is 35.0 Å². The van der Waals surface area contributed by atoms with Gasteiger partial charge in [0.25, 0.3) is 5.91 Å². The van der Waals surface area contributed by atoms with Gasteiger partial charge in [-0.15, -0.1) is 0 Å². The summed E-state index contributed by atoms with van der Waals surface area (Å²) in [6.07, 6.45) is -1.63. The molecule has 0 bridgehead atoms. The summed E-state index contributed by atoms with van der Waals surface area (Å²) in [5.74, 6) is -2.59. The molecule has 0 atom stereocenters. The van der Waals surface area contributed by atoms with Crippen LogP contribution in [0.3, 0.4) is 0 Å². The number of rotatable bonds is 6. The highest BCUT2D eigenvalue weighted by Gasteiger charge is 2.39. The summed E-state index contributed by atoms with van der Waals surface area (Å²) in [6, 6.07) is 1.94.